The molecule has 0 radical (unpaired) electrons. The van der Waals surface area contributed by atoms with Crippen LogP contribution in [0.2, 0.25) is 0 Å². The molecule has 1 aliphatic heterocycles. The summed E-state index contributed by atoms with van der Waals surface area (Å²) in [7, 11) is -1.75. The molecule has 7 nitrogen and oxygen atoms in total. The molecule has 1 fully saturated rings. The zero-order valence-corrected chi connectivity index (χ0v) is 17.5. The fourth-order valence-electron chi connectivity index (χ4n) is 3.18. The van der Waals surface area contributed by atoms with Gasteiger partial charge in [-0.15, -0.1) is 0 Å². The molecule has 1 saturated heterocycles. The van der Waals surface area contributed by atoms with Crippen molar-refractivity contribution in [3.63, 3.8) is 0 Å². The number of nitrogens with one attached hydrogen (secondary N) is 3. The van der Waals surface area contributed by atoms with Gasteiger partial charge in [0.25, 0.3) is 0 Å². The highest BCUT2D eigenvalue weighted by Gasteiger charge is 2.27. The number of guanidine groups is 1. The van der Waals surface area contributed by atoms with Crippen LogP contribution < -0.4 is 15.4 Å². The van der Waals surface area contributed by atoms with Gasteiger partial charge in [-0.2, -0.15) is 0 Å². The van der Waals surface area contributed by atoms with Crippen molar-refractivity contribution < 1.29 is 8.42 Å². The van der Waals surface area contributed by atoms with Gasteiger partial charge < -0.3 is 10.6 Å². The second-order valence-electron chi connectivity index (χ2n) is 7.42. The maximum Gasteiger partial charge on any atom is 0.240 e. The van der Waals surface area contributed by atoms with Crippen LogP contribution in [0.25, 0.3) is 0 Å². The first-order valence-corrected chi connectivity index (χ1v) is 11.1. The topological polar surface area (TPSA) is 85.8 Å². The standard InChI is InChI=1S/C19H33N5O2S/c1-19(2,24-14-8-5-9-15-24)16-22-18(20-3)21-12-13-23-27(25,26)17-10-6-4-7-11-17/h4,6-7,10-11,23H,5,8-9,12-16H2,1-3H3,(H2,20,21,22). The van der Waals surface area contributed by atoms with Crippen LogP contribution in [-0.4, -0.2) is 64.6 Å². The molecule has 3 N–H and O–H groups in total. The Labute approximate surface area is 163 Å². The number of aliphatic imine (C=N–C) groups is 1. The van der Waals surface area contributed by atoms with Crippen molar-refractivity contribution in [2.24, 2.45) is 4.99 Å². The molecule has 27 heavy (non-hydrogen) atoms. The van der Waals surface area contributed by atoms with E-state index >= 15 is 0 Å². The van der Waals surface area contributed by atoms with Crippen LogP contribution >= 0.6 is 0 Å². The van der Waals surface area contributed by atoms with Gasteiger partial charge in [0.05, 0.1) is 4.90 Å². The van der Waals surface area contributed by atoms with Crippen LogP contribution in [0.15, 0.2) is 40.2 Å². The Morgan fingerprint density at radius 2 is 1.74 bits per heavy atom. The van der Waals surface area contributed by atoms with Crippen molar-refractivity contribution in [2.75, 3.05) is 39.8 Å². The Kier molecular flexibility index (Phi) is 8.07. The maximum atomic E-state index is 12.2. The lowest BCUT2D eigenvalue weighted by molar-refractivity contribution is 0.0982. The molecule has 1 aromatic carbocycles. The molecule has 152 valence electrons. The zero-order valence-electron chi connectivity index (χ0n) is 16.7. The Balaban J connectivity index is 1.74. The molecule has 0 aromatic heterocycles. The first-order chi connectivity index (χ1) is 12.8. The van der Waals surface area contributed by atoms with Gasteiger partial charge in [-0.1, -0.05) is 24.6 Å². The highest BCUT2D eigenvalue weighted by Crippen LogP contribution is 2.19. The van der Waals surface area contributed by atoms with Crippen molar-refractivity contribution >= 4 is 16.0 Å². The average molecular weight is 396 g/mol. The summed E-state index contributed by atoms with van der Waals surface area (Å²) >= 11 is 0. The van der Waals surface area contributed by atoms with E-state index in [4.69, 9.17) is 0 Å². The molecule has 0 amide bonds. The van der Waals surface area contributed by atoms with Crippen LogP contribution in [0.4, 0.5) is 0 Å². The third kappa shape index (κ3) is 6.79. The number of rotatable bonds is 8. The van der Waals surface area contributed by atoms with Crippen molar-refractivity contribution in [3.8, 4) is 0 Å². The maximum absolute atomic E-state index is 12.2. The smallest absolute Gasteiger partial charge is 0.240 e. The largest absolute Gasteiger partial charge is 0.355 e. The lowest BCUT2D eigenvalue weighted by Gasteiger charge is -2.41. The van der Waals surface area contributed by atoms with E-state index < -0.39 is 10.0 Å². The molecule has 1 aliphatic rings. The molecule has 0 bridgehead atoms. The quantitative estimate of drug-likeness (QED) is 0.352. The summed E-state index contributed by atoms with van der Waals surface area (Å²) in [6, 6.07) is 8.38. The van der Waals surface area contributed by atoms with Crippen molar-refractivity contribution in [1.29, 1.82) is 0 Å². The number of piperidine rings is 1. The fourth-order valence-corrected chi connectivity index (χ4v) is 4.23. The van der Waals surface area contributed by atoms with Gasteiger partial charge in [-0.3, -0.25) is 9.89 Å². The summed E-state index contributed by atoms with van der Waals surface area (Å²) in [5.41, 5.74) is 0.0486. The Bertz CT molecular complexity index is 698. The summed E-state index contributed by atoms with van der Waals surface area (Å²) in [6.07, 6.45) is 3.85. The number of benzene rings is 1. The van der Waals surface area contributed by atoms with Crippen LogP contribution in [-0.2, 0) is 10.0 Å². The Morgan fingerprint density at radius 3 is 2.37 bits per heavy atom. The van der Waals surface area contributed by atoms with E-state index in [1.165, 1.54) is 19.3 Å². The first-order valence-electron chi connectivity index (χ1n) is 9.59. The van der Waals surface area contributed by atoms with E-state index in [9.17, 15) is 8.42 Å². The molecule has 8 heteroatoms. The van der Waals surface area contributed by atoms with E-state index in [1.807, 2.05) is 0 Å². The van der Waals surface area contributed by atoms with Crippen LogP contribution in [0, 0.1) is 0 Å². The zero-order chi connectivity index (χ0) is 19.8. The predicted octanol–water partition coefficient (Wildman–Crippen LogP) is 1.39. The Morgan fingerprint density at radius 1 is 1.07 bits per heavy atom. The molecule has 0 unspecified atom stereocenters. The minimum absolute atomic E-state index is 0.0486. The van der Waals surface area contributed by atoms with Crippen LogP contribution in [0.5, 0.6) is 0 Å². The second-order valence-corrected chi connectivity index (χ2v) is 9.19. The number of hydrogen-bond acceptors (Lipinski definition) is 4. The number of hydrogen-bond donors (Lipinski definition) is 3. The summed E-state index contributed by atoms with van der Waals surface area (Å²) in [5.74, 6) is 0.680. The minimum Gasteiger partial charge on any atom is -0.355 e. The van der Waals surface area contributed by atoms with E-state index in [1.54, 1.807) is 37.4 Å². The number of likely N-dealkylation sites (tertiary alicyclic amines) is 1. The molecular formula is C19H33N5O2S. The van der Waals surface area contributed by atoms with Gasteiger partial charge >= 0.3 is 0 Å². The van der Waals surface area contributed by atoms with Crippen LogP contribution in [0.3, 0.4) is 0 Å². The number of sulfonamides is 1. The molecular weight excluding hydrogens is 362 g/mol. The van der Waals surface area contributed by atoms with Gasteiger partial charge in [0.2, 0.25) is 10.0 Å². The molecule has 0 spiro atoms. The highest BCUT2D eigenvalue weighted by atomic mass is 32.2. The fraction of sp³-hybridized carbons (Fsp3) is 0.632. The molecule has 0 saturated carbocycles. The van der Waals surface area contributed by atoms with Crippen molar-refractivity contribution in [2.45, 2.75) is 43.5 Å². The van der Waals surface area contributed by atoms with E-state index in [2.05, 4.69) is 39.1 Å². The Hall–Kier alpha value is -1.64. The van der Waals surface area contributed by atoms with E-state index in [-0.39, 0.29) is 17.0 Å². The third-order valence-electron chi connectivity index (χ3n) is 4.89. The summed E-state index contributed by atoms with van der Waals surface area (Å²) in [4.78, 5) is 7.02. The second kappa shape index (κ2) is 10.1. The average Bonchev–Trinajstić information content (AvgIpc) is 2.69. The van der Waals surface area contributed by atoms with Gasteiger partial charge in [0.1, 0.15) is 0 Å². The summed E-state index contributed by atoms with van der Waals surface area (Å²) in [6.45, 7) is 8.29. The predicted molar refractivity (Wildman–Crippen MR) is 110 cm³/mol. The summed E-state index contributed by atoms with van der Waals surface area (Å²) < 4.78 is 27.0. The van der Waals surface area contributed by atoms with Crippen molar-refractivity contribution in [3.05, 3.63) is 30.3 Å². The lowest BCUT2D eigenvalue weighted by Crippen LogP contribution is -2.55. The third-order valence-corrected chi connectivity index (χ3v) is 6.36. The molecule has 0 atom stereocenters. The van der Waals surface area contributed by atoms with Crippen LogP contribution in [0.1, 0.15) is 33.1 Å². The van der Waals surface area contributed by atoms with E-state index in [0.29, 0.717) is 12.5 Å². The first kappa shape index (κ1) is 21.7. The SMILES string of the molecule is CN=C(NCCNS(=O)(=O)c1ccccc1)NCC(C)(C)N1CCCCC1. The molecule has 1 heterocycles. The summed E-state index contributed by atoms with van der Waals surface area (Å²) in [5, 5.41) is 6.52. The molecule has 1 aromatic rings. The highest BCUT2D eigenvalue weighted by molar-refractivity contribution is 7.89. The number of nitrogens with zero attached hydrogens (tertiary/aromatic N) is 2. The normalized spacial score (nSPS) is 16.9. The molecule has 0 aliphatic carbocycles. The van der Waals surface area contributed by atoms with Gasteiger partial charge in [0.15, 0.2) is 5.96 Å². The van der Waals surface area contributed by atoms with Gasteiger partial charge in [0, 0.05) is 32.2 Å². The molecule has 2 rings (SSSR count). The van der Waals surface area contributed by atoms with Crippen molar-refractivity contribution in [1.82, 2.24) is 20.3 Å². The lowest BCUT2D eigenvalue weighted by atomic mass is 9.98. The van der Waals surface area contributed by atoms with Gasteiger partial charge in [-0.25, -0.2) is 13.1 Å². The van der Waals surface area contributed by atoms with Gasteiger partial charge in [-0.05, 0) is 51.9 Å². The monoisotopic (exact) mass is 395 g/mol. The van der Waals surface area contributed by atoms with E-state index in [0.717, 1.165) is 19.6 Å². The minimum atomic E-state index is -3.47.